The van der Waals surface area contributed by atoms with Gasteiger partial charge in [0.2, 0.25) is 5.95 Å². The largest absolute Gasteiger partial charge is 0.497 e. The fourth-order valence-electron chi connectivity index (χ4n) is 4.65. The number of nitrogens with zero attached hydrogens (tertiary/aromatic N) is 5. The SMILES string of the molecule is COc1ccc(-c2cc3c(N4CCCC4)nc(N4CCCC4)nc3n2CCO)cc1.Cl. The van der Waals surface area contributed by atoms with Crippen LogP contribution in [-0.2, 0) is 6.54 Å². The van der Waals surface area contributed by atoms with Crippen molar-refractivity contribution in [3.63, 3.8) is 0 Å². The molecule has 0 radical (unpaired) electrons. The third-order valence-corrected chi connectivity index (χ3v) is 6.23. The van der Waals surface area contributed by atoms with E-state index in [1.807, 2.05) is 12.1 Å². The summed E-state index contributed by atoms with van der Waals surface area (Å²) in [6.45, 7) is 4.66. The van der Waals surface area contributed by atoms with Crippen LogP contribution < -0.4 is 14.5 Å². The average Bonchev–Trinajstić information content (AvgIpc) is 3.55. The molecule has 2 saturated heterocycles. The molecule has 2 fully saturated rings. The summed E-state index contributed by atoms with van der Waals surface area (Å²) in [7, 11) is 1.68. The fourth-order valence-corrected chi connectivity index (χ4v) is 4.65. The molecule has 166 valence electrons. The molecular formula is C23H30ClN5O2. The monoisotopic (exact) mass is 443 g/mol. The maximum absolute atomic E-state index is 9.81. The average molecular weight is 444 g/mol. The second-order valence-corrected chi connectivity index (χ2v) is 8.11. The van der Waals surface area contributed by atoms with E-state index in [1.165, 1.54) is 25.7 Å². The van der Waals surface area contributed by atoms with Crippen molar-refractivity contribution in [1.29, 1.82) is 0 Å². The molecule has 1 aromatic carbocycles. The zero-order chi connectivity index (χ0) is 20.5. The Morgan fingerprint density at radius 2 is 1.58 bits per heavy atom. The van der Waals surface area contributed by atoms with Gasteiger partial charge < -0.3 is 24.2 Å². The Labute approximate surface area is 189 Å². The molecule has 0 amide bonds. The van der Waals surface area contributed by atoms with Gasteiger partial charge in [-0.15, -0.1) is 12.4 Å². The Morgan fingerprint density at radius 3 is 2.19 bits per heavy atom. The van der Waals surface area contributed by atoms with Gasteiger partial charge in [0.05, 0.1) is 24.8 Å². The maximum Gasteiger partial charge on any atom is 0.229 e. The minimum absolute atomic E-state index is 0. The zero-order valence-corrected chi connectivity index (χ0v) is 18.8. The Balaban J connectivity index is 0.00000231. The third-order valence-electron chi connectivity index (χ3n) is 6.23. The number of halogens is 1. The van der Waals surface area contributed by atoms with Crippen LogP contribution in [0.3, 0.4) is 0 Å². The topological polar surface area (TPSA) is 66.7 Å². The van der Waals surface area contributed by atoms with E-state index in [2.05, 4.69) is 32.6 Å². The lowest BCUT2D eigenvalue weighted by Gasteiger charge is -2.21. The predicted octanol–water partition coefficient (Wildman–Crippen LogP) is 3.72. The minimum atomic E-state index is 0. The summed E-state index contributed by atoms with van der Waals surface area (Å²) in [5, 5.41) is 10.9. The van der Waals surface area contributed by atoms with Crippen molar-refractivity contribution < 1.29 is 9.84 Å². The summed E-state index contributed by atoms with van der Waals surface area (Å²) in [5.74, 6) is 2.68. The van der Waals surface area contributed by atoms with Crippen molar-refractivity contribution in [1.82, 2.24) is 14.5 Å². The lowest BCUT2D eigenvalue weighted by molar-refractivity contribution is 0.278. The summed E-state index contributed by atoms with van der Waals surface area (Å²) in [5.41, 5.74) is 3.04. The molecule has 7 nitrogen and oxygen atoms in total. The smallest absolute Gasteiger partial charge is 0.229 e. The van der Waals surface area contributed by atoms with Crippen LogP contribution in [0.15, 0.2) is 30.3 Å². The van der Waals surface area contributed by atoms with Gasteiger partial charge in [-0.3, -0.25) is 0 Å². The summed E-state index contributed by atoms with van der Waals surface area (Å²) >= 11 is 0. The molecule has 0 bridgehead atoms. The standard InChI is InChI=1S/C23H29N5O2.ClH/c1-30-18-8-6-17(7-9-18)20-16-19-21(26-10-2-3-11-26)24-23(27-12-4-5-13-27)25-22(19)28(20)14-15-29;/h6-9,16,29H,2-5,10-15H2,1H3;1H. The van der Waals surface area contributed by atoms with Crippen molar-refractivity contribution in [3.05, 3.63) is 30.3 Å². The van der Waals surface area contributed by atoms with E-state index in [-0.39, 0.29) is 19.0 Å². The number of methoxy groups -OCH3 is 1. The molecule has 3 aromatic rings. The van der Waals surface area contributed by atoms with Gasteiger partial charge in [-0.05, 0) is 61.6 Å². The van der Waals surface area contributed by atoms with Gasteiger partial charge >= 0.3 is 0 Å². The highest BCUT2D eigenvalue weighted by molar-refractivity contribution is 5.94. The molecule has 1 N–H and O–H groups in total. The van der Waals surface area contributed by atoms with Gasteiger partial charge in [-0.2, -0.15) is 9.97 Å². The van der Waals surface area contributed by atoms with Gasteiger partial charge in [-0.25, -0.2) is 0 Å². The fraction of sp³-hybridized carbons (Fsp3) is 0.478. The highest BCUT2D eigenvalue weighted by atomic mass is 35.5. The molecule has 4 heterocycles. The Hall–Kier alpha value is -2.51. The Morgan fingerprint density at radius 1 is 0.935 bits per heavy atom. The van der Waals surface area contributed by atoms with E-state index >= 15 is 0 Å². The van der Waals surface area contributed by atoms with Crippen molar-refractivity contribution in [2.45, 2.75) is 32.2 Å². The second-order valence-electron chi connectivity index (χ2n) is 8.11. The first-order valence-corrected chi connectivity index (χ1v) is 10.9. The first kappa shape index (κ1) is 21.7. The van der Waals surface area contributed by atoms with Gasteiger partial charge in [0.25, 0.3) is 0 Å². The van der Waals surface area contributed by atoms with Crippen LogP contribution in [0.5, 0.6) is 5.75 Å². The van der Waals surface area contributed by atoms with Crippen LogP contribution in [-0.4, -0.2) is 59.5 Å². The van der Waals surface area contributed by atoms with E-state index in [0.29, 0.717) is 6.54 Å². The van der Waals surface area contributed by atoms with Crippen LogP contribution in [0.2, 0.25) is 0 Å². The van der Waals surface area contributed by atoms with Crippen molar-refractivity contribution >= 4 is 35.2 Å². The number of aliphatic hydroxyl groups excluding tert-OH is 1. The van der Waals surface area contributed by atoms with Crippen LogP contribution in [0.4, 0.5) is 11.8 Å². The van der Waals surface area contributed by atoms with E-state index < -0.39 is 0 Å². The van der Waals surface area contributed by atoms with Gasteiger partial charge in [0.15, 0.2) is 0 Å². The lowest BCUT2D eigenvalue weighted by Crippen LogP contribution is -2.24. The number of hydrogen-bond donors (Lipinski definition) is 1. The molecule has 0 unspecified atom stereocenters. The lowest BCUT2D eigenvalue weighted by atomic mass is 10.1. The van der Waals surface area contributed by atoms with Crippen LogP contribution in [0, 0.1) is 0 Å². The van der Waals surface area contributed by atoms with Crippen LogP contribution in [0.1, 0.15) is 25.7 Å². The minimum Gasteiger partial charge on any atom is -0.497 e. The molecule has 2 aromatic heterocycles. The first-order chi connectivity index (χ1) is 14.8. The van der Waals surface area contributed by atoms with Crippen LogP contribution >= 0.6 is 12.4 Å². The molecular weight excluding hydrogens is 414 g/mol. The molecule has 0 aliphatic carbocycles. The molecule has 8 heteroatoms. The number of aromatic nitrogens is 3. The normalized spacial score (nSPS) is 16.2. The molecule has 0 spiro atoms. The number of aliphatic hydroxyl groups is 1. The molecule has 0 saturated carbocycles. The van der Waals surface area contributed by atoms with E-state index in [9.17, 15) is 5.11 Å². The summed E-state index contributed by atoms with van der Waals surface area (Å²) in [6, 6.07) is 10.3. The molecule has 0 atom stereocenters. The van der Waals surface area contributed by atoms with Crippen LogP contribution in [0.25, 0.3) is 22.3 Å². The maximum atomic E-state index is 9.81. The van der Waals surface area contributed by atoms with Gasteiger partial charge in [-0.1, -0.05) is 0 Å². The number of ether oxygens (including phenoxy) is 1. The molecule has 2 aliphatic heterocycles. The molecule has 2 aliphatic rings. The highest BCUT2D eigenvalue weighted by Crippen LogP contribution is 2.36. The summed E-state index contributed by atoms with van der Waals surface area (Å²) in [6.07, 6.45) is 4.78. The molecule has 31 heavy (non-hydrogen) atoms. The summed E-state index contributed by atoms with van der Waals surface area (Å²) < 4.78 is 7.46. The molecule has 5 rings (SSSR count). The van der Waals surface area contributed by atoms with E-state index in [1.54, 1.807) is 7.11 Å². The van der Waals surface area contributed by atoms with Crippen molar-refractivity contribution in [3.8, 4) is 17.0 Å². The first-order valence-electron chi connectivity index (χ1n) is 10.9. The van der Waals surface area contributed by atoms with Gasteiger partial charge in [0.1, 0.15) is 17.2 Å². The van der Waals surface area contributed by atoms with Gasteiger partial charge in [0, 0.05) is 32.7 Å². The number of fused-ring (bicyclic) bond motifs is 1. The predicted molar refractivity (Wildman–Crippen MR) is 127 cm³/mol. The Kier molecular flexibility index (Phi) is 6.53. The van der Waals surface area contributed by atoms with Crippen molar-refractivity contribution in [2.24, 2.45) is 0 Å². The van der Waals surface area contributed by atoms with Crippen molar-refractivity contribution in [2.75, 3.05) is 49.7 Å². The number of hydrogen-bond acceptors (Lipinski definition) is 6. The second kappa shape index (κ2) is 9.32. The number of benzene rings is 1. The van der Waals surface area contributed by atoms with E-state index in [0.717, 1.165) is 66.0 Å². The Bertz CT molecular complexity index is 1020. The summed E-state index contributed by atoms with van der Waals surface area (Å²) in [4.78, 5) is 14.7. The third kappa shape index (κ3) is 4.04. The number of rotatable bonds is 6. The highest BCUT2D eigenvalue weighted by Gasteiger charge is 2.25. The quantitative estimate of drug-likeness (QED) is 0.626. The van der Waals surface area contributed by atoms with E-state index in [4.69, 9.17) is 14.7 Å². The number of anilines is 2. The zero-order valence-electron chi connectivity index (χ0n) is 18.0.